The molecule has 5 aromatic carbocycles. The number of nitrogens with zero attached hydrogens (tertiary/aromatic N) is 1. The third-order valence-corrected chi connectivity index (χ3v) is 7.22. The standard InChI is InChI=1S/C37H31N3/c1-38-34-18-8-14-29(22-34)27-12-6-16-31(20-27)36-24-33(26-10-4-3-5-11-26)25-37(40-36)32-17-7-13-28(21-32)30-15-9-19-35(23-30)39-2/h3-25,38-39H,1-2H3. The predicted molar refractivity (Wildman–Crippen MR) is 171 cm³/mol. The fourth-order valence-corrected chi connectivity index (χ4v) is 5.05. The minimum atomic E-state index is 0.950. The summed E-state index contributed by atoms with van der Waals surface area (Å²) in [7, 11) is 3.89. The zero-order valence-electron chi connectivity index (χ0n) is 22.7. The number of nitrogens with one attached hydrogen (secondary N) is 2. The van der Waals surface area contributed by atoms with Crippen molar-refractivity contribution in [3.05, 3.63) is 140 Å². The minimum Gasteiger partial charge on any atom is -0.388 e. The van der Waals surface area contributed by atoms with Crippen molar-refractivity contribution in [2.75, 3.05) is 24.7 Å². The highest BCUT2D eigenvalue weighted by molar-refractivity contribution is 5.81. The summed E-state index contributed by atoms with van der Waals surface area (Å²) < 4.78 is 0. The van der Waals surface area contributed by atoms with Gasteiger partial charge in [0.1, 0.15) is 0 Å². The third-order valence-electron chi connectivity index (χ3n) is 7.22. The van der Waals surface area contributed by atoms with Crippen molar-refractivity contribution in [2.24, 2.45) is 0 Å². The number of hydrogen-bond donors (Lipinski definition) is 2. The Morgan fingerprint density at radius 3 is 1.23 bits per heavy atom. The molecule has 2 N–H and O–H groups in total. The van der Waals surface area contributed by atoms with E-state index in [-0.39, 0.29) is 0 Å². The molecule has 40 heavy (non-hydrogen) atoms. The molecule has 0 radical (unpaired) electrons. The lowest BCUT2D eigenvalue weighted by Gasteiger charge is -2.13. The third kappa shape index (κ3) is 5.36. The second kappa shape index (κ2) is 11.3. The number of aromatic nitrogens is 1. The van der Waals surface area contributed by atoms with Gasteiger partial charge in [0, 0.05) is 36.6 Å². The van der Waals surface area contributed by atoms with Crippen molar-refractivity contribution in [2.45, 2.75) is 0 Å². The summed E-state index contributed by atoms with van der Waals surface area (Å²) in [4.78, 5) is 5.21. The van der Waals surface area contributed by atoms with E-state index in [0.717, 1.165) is 50.6 Å². The lowest BCUT2D eigenvalue weighted by molar-refractivity contribution is 1.32. The van der Waals surface area contributed by atoms with Crippen molar-refractivity contribution < 1.29 is 0 Å². The molecule has 0 saturated carbocycles. The first kappa shape index (κ1) is 25.1. The van der Waals surface area contributed by atoms with Crippen LogP contribution in [0.5, 0.6) is 0 Å². The number of benzene rings is 5. The number of pyridine rings is 1. The lowest BCUT2D eigenvalue weighted by atomic mass is 9.96. The Kier molecular flexibility index (Phi) is 7.11. The van der Waals surface area contributed by atoms with Gasteiger partial charge in [-0.3, -0.25) is 0 Å². The first-order valence-electron chi connectivity index (χ1n) is 13.5. The number of hydrogen-bond acceptors (Lipinski definition) is 3. The van der Waals surface area contributed by atoms with Crippen LogP contribution in [0.3, 0.4) is 0 Å². The van der Waals surface area contributed by atoms with Crippen LogP contribution in [0.25, 0.3) is 55.9 Å². The summed E-state index contributed by atoms with van der Waals surface area (Å²) in [6, 6.07) is 49.2. The summed E-state index contributed by atoms with van der Waals surface area (Å²) in [6.45, 7) is 0. The van der Waals surface area contributed by atoms with Crippen LogP contribution in [-0.2, 0) is 0 Å². The summed E-state index contributed by atoms with van der Waals surface area (Å²) in [5, 5.41) is 6.48. The average Bonchev–Trinajstić information content (AvgIpc) is 3.05. The Balaban J connectivity index is 1.47. The van der Waals surface area contributed by atoms with Crippen LogP contribution in [-0.4, -0.2) is 19.1 Å². The molecule has 0 saturated heterocycles. The predicted octanol–water partition coefficient (Wildman–Crippen LogP) is 9.50. The maximum atomic E-state index is 5.21. The smallest absolute Gasteiger partial charge is 0.0715 e. The van der Waals surface area contributed by atoms with Crippen LogP contribution >= 0.6 is 0 Å². The SMILES string of the molecule is CNc1cccc(-c2cccc(-c3cc(-c4ccccc4)cc(-c4cccc(-c5cccc(NC)c5)c4)n3)c2)c1. The zero-order chi connectivity index (χ0) is 27.3. The van der Waals surface area contributed by atoms with Gasteiger partial charge in [0.05, 0.1) is 11.4 Å². The van der Waals surface area contributed by atoms with E-state index in [1.807, 2.05) is 14.1 Å². The molecule has 0 unspecified atom stereocenters. The van der Waals surface area contributed by atoms with Gasteiger partial charge >= 0.3 is 0 Å². The molecule has 0 aliphatic heterocycles. The normalized spacial score (nSPS) is 10.8. The van der Waals surface area contributed by atoms with Crippen molar-refractivity contribution in [3.63, 3.8) is 0 Å². The fraction of sp³-hybridized carbons (Fsp3) is 0.0541. The Morgan fingerprint density at radius 1 is 0.350 bits per heavy atom. The number of anilines is 2. The molecule has 1 aromatic heterocycles. The minimum absolute atomic E-state index is 0.950. The average molecular weight is 518 g/mol. The van der Waals surface area contributed by atoms with Crippen LogP contribution in [0, 0.1) is 0 Å². The Labute approximate surface area is 236 Å². The molecule has 3 heteroatoms. The number of rotatable bonds is 7. The van der Waals surface area contributed by atoms with Crippen LogP contribution < -0.4 is 10.6 Å². The van der Waals surface area contributed by atoms with E-state index in [4.69, 9.17) is 4.98 Å². The van der Waals surface area contributed by atoms with Gasteiger partial charge in [-0.05, 0) is 81.9 Å². The maximum absolute atomic E-state index is 5.21. The highest BCUT2D eigenvalue weighted by atomic mass is 14.8. The Hall–Kier alpha value is -5.15. The summed E-state index contributed by atoms with van der Waals surface area (Å²) in [5.41, 5.74) is 13.2. The molecule has 0 fully saturated rings. The highest BCUT2D eigenvalue weighted by Crippen LogP contribution is 2.34. The molecular weight excluding hydrogens is 486 g/mol. The molecule has 6 aromatic rings. The topological polar surface area (TPSA) is 37.0 Å². The Bertz CT molecular complexity index is 1660. The van der Waals surface area contributed by atoms with Gasteiger partial charge in [0.25, 0.3) is 0 Å². The molecule has 0 bridgehead atoms. The quantitative estimate of drug-likeness (QED) is 0.221. The zero-order valence-corrected chi connectivity index (χ0v) is 22.7. The van der Waals surface area contributed by atoms with Crippen LogP contribution in [0.15, 0.2) is 140 Å². The van der Waals surface area contributed by atoms with E-state index in [1.54, 1.807) is 0 Å². The lowest BCUT2D eigenvalue weighted by Crippen LogP contribution is -1.93. The molecule has 0 aliphatic rings. The molecule has 0 aliphatic carbocycles. The van der Waals surface area contributed by atoms with Crippen molar-refractivity contribution in [3.8, 4) is 55.9 Å². The molecular formula is C37H31N3. The largest absolute Gasteiger partial charge is 0.388 e. The second-order valence-electron chi connectivity index (χ2n) is 9.82. The van der Waals surface area contributed by atoms with E-state index < -0.39 is 0 Å². The van der Waals surface area contributed by atoms with Gasteiger partial charge in [-0.15, -0.1) is 0 Å². The van der Waals surface area contributed by atoms with Crippen molar-refractivity contribution in [1.29, 1.82) is 0 Å². The van der Waals surface area contributed by atoms with Crippen LogP contribution in [0.4, 0.5) is 11.4 Å². The molecule has 1 heterocycles. The summed E-state index contributed by atoms with van der Waals surface area (Å²) in [5.74, 6) is 0. The highest BCUT2D eigenvalue weighted by Gasteiger charge is 2.11. The van der Waals surface area contributed by atoms with Gasteiger partial charge in [-0.2, -0.15) is 0 Å². The van der Waals surface area contributed by atoms with E-state index >= 15 is 0 Å². The van der Waals surface area contributed by atoms with Crippen LogP contribution in [0.1, 0.15) is 0 Å². The van der Waals surface area contributed by atoms with E-state index in [2.05, 4.69) is 150 Å². The summed E-state index contributed by atoms with van der Waals surface area (Å²) >= 11 is 0. The first-order valence-corrected chi connectivity index (χ1v) is 13.5. The van der Waals surface area contributed by atoms with Crippen LogP contribution in [0.2, 0.25) is 0 Å². The molecule has 0 atom stereocenters. The monoisotopic (exact) mass is 517 g/mol. The fourth-order valence-electron chi connectivity index (χ4n) is 5.05. The van der Waals surface area contributed by atoms with Crippen molar-refractivity contribution >= 4 is 11.4 Å². The molecule has 3 nitrogen and oxygen atoms in total. The molecule has 194 valence electrons. The van der Waals surface area contributed by atoms with Gasteiger partial charge in [-0.25, -0.2) is 4.98 Å². The van der Waals surface area contributed by atoms with E-state index in [1.165, 1.54) is 16.7 Å². The van der Waals surface area contributed by atoms with Gasteiger partial charge in [0.2, 0.25) is 0 Å². The Morgan fingerprint density at radius 2 is 0.750 bits per heavy atom. The molecule has 0 amide bonds. The molecule has 0 spiro atoms. The van der Waals surface area contributed by atoms with Crippen molar-refractivity contribution in [1.82, 2.24) is 4.98 Å². The van der Waals surface area contributed by atoms with Gasteiger partial charge in [0.15, 0.2) is 0 Å². The maximum Gasteiger partial charge on any atom is 0.0715 e. The van der Waals surface area contributed by atoms with E-state index in [0.29, 0.717) is 0 Å². The molecule has 6 rings (SSSR count). The second-order valence-corrected chi connectivity index (χ2v) is 9.82. The summed E-state index contributed by atoms with van der Waals surface area (Å²) in [6.07, 6.45) is 0. The first-order chi connectivity index (χ1) is 19.7. The van der Waals surface area contributed by atoms with Gasteiger partial charge in [-0.1, -0.05) is 91.0 Å². The van der Waals surface area contributed by atoms with E-state index in [9.17, 15) is 0 Å². The van der Waals surface area contributed by atoms with Gasteiger partial charge < -0.3 is 10.6 Å².